The van der Waals surface area contributed by atoms with Crippen molar-refractivity contribution in [3.63, 3.8) is 0 Å². The molecular formula is C11H16ClNO3. The molecule has 0 radical (unpaired) electrons. The Morgan fingerprint density at radius 2 is 1.81 bits per heavy atom. The SMILES string of the molecule is CONCc1c(C)cc(Cl)c(OC)c1OC. The molecule has 0 heterocycles. The number of hydrogen-bond donors (Lipinski definition) is 1. The number of hydroxylamine groups is 1. The zero-order valence-electron chi connectivity index (χ0n) is 9.89. The molecule has 0 saturated carbocycles. The molecule has 1 aromatic rings. The van der Waals surface area contributed by atoms with Gasteiger partial charge in [-0.2, -0.15) is 5.48 Å². The molecule has 0 spiro atoms. The van der Waals surface area contributed by atoms with Gasteiger partial charge in [-0.1, -0.05) is 11.6 Å². The van der Waals surface area contributed by atoms with Gasteiger partial charge in [0.2, 0.25) is 0 Å². The minimum atomic E-state index is 0.527. The van der Waals surface area contributed by atoms with Crippen LogP contribution in [0.1, 0.15) is 11.1 Å². The maximum Gasteiger partial charge on any atom is 0.179 e. The van der Waals surface area contributed by atoms with E-state index in [-0.39, 0.29) is 0 Å². The van der Waals surface area contributed by atoms with Crippen LogP contribution < -0.4 is 15.0 Å². The highest BCUT2D eigenvalue weighted by Crippen LogP contribution is 2.39. The molecular weight excluding hydrogens is 230 g/mol. The number of halogens is 1. The van der Waals surface area contributed by atoms with Crippen LogP contribution in [0.5, 0.6) is 11.5 Å². The van der Waals surface area contributed by atoms with Crippen molar-refractivity contribution < 1.29 is 14.3 Å². The number of aryl methyl sites for hydroxylation is 1. The molecule has 90 valence electrons. The van der Waals surface area contributed by atoms with E-state index in [2.05, 4.69) is 5.48 Å². The maximum absolute atomic E-state index is 6.06. The average Bonchev–Trinajstić information content (AvgIpc) is 2.27. The van der Waals surface area contributed by atoms with E-state index < -0.39 is 0 Å². The largest absolute Gasteiger partial charge is 0.492 e. The molecule has 16 heavy (non-hydrogen) atoms. The van der Waals surface area contributed by atoms with Crippen LogP contribution in [0.2, 0.25) is 5.02 Å². The number of hydrogen-bond acceptors (Lipinski definition) is 4. The molecule has 0 unspecified atom stereocenters. The fourth-order valence-corrected chi connectivity index (χ4v) is 1.86. The molecule has 1 aromatic carbocycles. The smallest absolute Gasteiger partial charge is 0.179 e. The lowest BCUT2D eigenvalue weighted by atomic mass is 10.1. The lowest BCUT2D eigenvalue weighted by molar-refractivity contribution is 0.0859. The van der Waals surface area contributed by atoms with Gasteiger partial charge in [-0.05, 0) is 18.6 Å². The first kappa shape index (κ1) is 13.1. The molecule has 0 fully saturated rings. The van der Waals surface area contributed by atoms with Crippen LogP contribution in [-0.4, -0.2) is 21.3 Å². The summed E-state index contributed by atoms with van der Waals surface area (Å²) in [6.07, 6.45) is 0. The molecule has 0 aliphatic rings. The second-order valence-electron chi connectivity index (χ2n) is 3.25. The van der Waals surface area contributed by atoms with Gasteiger partial charge in [0.1, 0.15) is 0 Å². The summed E-state index contributed by atoms with van der Waals surface area (Å²) in [4.78, 5) is 4.82. The monoisotopic (exact) mass is 245 g/mol. The van der Waals surface area contributed by atoms with Gasteiger partial charge in [-0.3, -0.25) is 0 Å². The van der Waals surface area contributed by atoms with Crippen molar-refractivity contribution in [1.29, 1.82) is 0 Å². The number of rotatable bonds is 5. The topological polar surface area (TPSA) is 39.7 Å². The molecule has 0 aliphatic heterocycles. The van der Waals surface area contributed by atoms with Crippen LogP contribution in [-0.2, 0) is 11.4 Å². The third-order valence-electron chi connectivity index (χ3n) is 2.32. The van der Waals surface area contributed by atoms with Gasteiger partial charge in [0.15, 0.2) is 11.5 Å². The van der Waals surface area contributed by atoms with Crippen molar-refractivity contribution >= 4 is 11.6 Å². The molecule has 0 bridgehead atoms. The molecule has 0 amide bonds. The number of ether oxygens (including phenoxy) is 2. The summed E-state index contributed by atoms with van der Waals surface area (Å²) in [5.74, 6) is 1.18. The summed E-state index contributed by atoms with van der Waals surface area (Å²) in [5.41, 5.74) is 4.76. The predicted octanol–water partition coefficient (Wildman–Crippen LogP) is 2.32. The van der Waals surface area contributed by atoms with E-state index >= 15 is 0 Å². The minimum absolute atomic E-state index is 0.527. The predicted molar refractivity (Wildman–Crippen MR) is 63.1 cm³/mol. The van der Waals surface area contributed by atoms with E-state index in [9.17, 15) is 0 Å². The number of benzene rings is 1. The third-order valence-corrected chi connectivity index (χ3v) is 2.60. The second kappa shape index (κ2) is 5.94. The van der Waals surface area contributed by atoms with E-state index in [1.807, 2.05) is 13.0 Å². The van der Waals surface area contributed by atoms with Crippen LogP contribution in [0, 0.1) is 6.92 Å². The standard InChI is InChI=1S/C11H16ClNO3/c1-7-5-9(12)11(15-3)10(14-2)8(7)6-13-16-4/h5,13H,6H2,1-4H3. The van der Waals surface area contributed by atoms with Gasteiger partial charge in [-0.15, -0.1) is 0 Å². The van der Waals surface area contributed by atoms with Gasteiger partial charge < -0.3 is 14.3 Å². The summed E-state index contributed by atoms with van der Waals surface area (Å²) < 4.78 is 10.5. The Morgan fingerprint density at radius 1 is 1.19 bits per heavy atom. The van der Waals surface area contributed by atoms with Crippen molar-refractivity contribution in [2.75, 3.05) is 21.3 Å². The van der Waals surface area contributed by atoms with E-state index in [1.54, 1.807) is 21.3 Å². The highest BCUT2D eigenvalue weighted by Gasteiger charge is 2.16. The second-order valence-corrected chi connectivity index (χ2v) is 3.65. The van der Waals surface area contributed by atoms with Crippen molar-refractivity contribution in [2.45, 2.75) is 13.5 Å². The van der Waals surface area contributed by atoms with Crippen molar-refractivity contribution in [2.24, 2.45) is 0 Å². The Bertz CT molecular complexity index is 369. The van der Waals surface area contributed by atoms with Crippen LogP contribution in [0.3, 0.4) is 0 Å². The molecule has 1 rings (SSSR count). The molecule has 5 heteroatoms. The Kier molecular flexibility index (Phi) is 4.86. The van der Waals surface area contributed by atoms with Gasteiger partial charge in [0.25, 0.3) is 0 Å². The first-order valence-electron chi connectivity index (χ1n) is 4.81. The fourth-order valence-electron chi connectivity index (χ4n) is 1.54. The van der Waals surface area contributed by atoms with E-state index in [4.69, 9.17) is 25.9 Å². The molecule has 0 aliphatic carbocycles. The highest BCUT2D eigenvalue weighted by atomic mass is 35.5. The van der Waals surface area contributed by atoms with Crippen LogP contribution in [0.15, 0.2) is 6.07 Å². The molecule has 1 N–H and O–H groups in total. The summed E-state index contributed by atoms with van der Waals surface area (Å²) >= 11 is 6.06. The first-order chi connectivity index (χ1) is 7.65. The Labute approximate surface area is 100 Å². The zero-order chi connectivity index (χ0) is 12.1. The normalized spacial score (nSPS) is 10.3. The lowest BCUT2D eigenvalue weighted by Crippen LogP contribution is -2.13. The Hall–Kier alpha value is -0.970. The van der Waals surface area contributed by atoms with Crippen molar-refractivity contribution in [3.8, 4) is 11.5 Å². The van der Waals surface area contributed by atoms with Crippen molar-refractivity contribution in [1.82, 2.24) is 5.48 Å². The lowest BCUT2D eigenvalue weighted by Gasteiger charge is -2.16. The summed E-state index contributed by atoms with van der Waals surface area (Å²) in [7, 11) is 4.71. The van der Waals surface area contributed by atoms with Gasteiger partial charge in [-0.25, -0.2) is 0 Å². The summed E-state index contributed by atoms with van der Waals surface area (Å²) in [6.45, 7) is 2.49. The van der Waals surface area contributed by atoms with Crippen LogP contribution in [0.25, 0.3) is 0 Å². The Balaban J connectivity index is 3.22. The molecule has 4 nitrogen and oxygen atoms in total. The number of nitrogens with one attached hydrogen (secondary N) is 1. The zero-order valence-corrected chi connectivity index (χ0v) is 10.6. The molecule has 0 aromatic heterocycles. The van der Waals surface area contributed by atoms with E-state index in [0.29, 0.717) is 23.1 Å². The average molecular weight is 246 g/mol. The highest BCUT2D eigenvalue weighted by molar-refractivity contribution is 6.32. The molecule has 0 atom stereocenters. The van der Waals surface area contributed by atoms with Crippen molar-refractivity contribution in [3.05, 3.63) is 22.2 Å². The van der Waals surface area contributed by atoms with E-state index in [1.165, 1.54) is 0 Å². The molecule has 0 saturated heterocycles. The van der Waals surface area contributed by atoms with Gasteiger partial charge >= 0.3 is 0 Å². The first-order valence-corrected chi connectivity index (χ1v) is 5.19. The van der Waals surface area contributed by atoms with E-state index in [0.717, 1.165) is 11.1 Å². The summed E-state index contributed by atoms with van der Waals surface area (Å²) in [6, 6.07) is 1.84. The van der Waals surface area contributed by atoms with Crippen LogP contribution in [0.4, 0.5) is 0 Å². The van der Waals surface area contributed by atoms with Gasteiger partial charge in [0.05, 0.1) is 32.9 Å². The minimum Gasteiger partial charge on any atom is -0.492 e. The summed E-state index contributed by atoms with van der Waals surface area (Å²) in [5, 5.41) is 0.540. The van der Waals surface area contributed by atoms with Crippen LogP contribution >= 0.6 is 11.6 Å². The quantitative estimate of drug-likeness (QED) is 0.809. The number of methoxy groups -OCH3 is 2. The Morgan fingerprint density at radius 3 is 2.31 bits per heavy atom. The third kappa shape index (κ3) is 2.58. The fraction of sp³-hybridized carbons (Fsp3) is 0.455. The maximum atomic E-state index is 6.06. The van der Waals surface area contributed by atoms with Gasteiger partial charge in [0, 0.05) is 5.56 Å².